The number of unbranched alkanes of at least 4 members (excludes halogenated alkanes) is 1. The van der Waals surface area contributed by atoms with Gasteiger partial charge < -0.3 is 10.2 Å². The summed E-state index contributed by atoms with van der Waals surface area (Å²) in [5.74, 6) is 0.0149. The first-order valence-corrected chi connectivity index (χ1v) is 10.1. The molecule has 2 N–H and O–H groups in total. The summed E-state index contributed by atoms with van der Waals surface area (Å²) in [6, 6.07) is 19.9. The molecule has 3 rings (SSSR count). The minimum Gasteiger partial charge on any atom is -0.345 e. The fraction of sp³-hybridized carbons (Fsp3) is 0.435. The Hall–Kier alpha value is -2.13. The Morgan fingerprint density at radius 1 is 0.885 bits per heavy atom. The zero-order valence-electron chi connectivity index (χ0n) is 15.6. The molecule has 1 heterocycles. The van der Waals surface area contributed by atoms with Crippen LogP contribution in [0.4, 0.5) is 0 Å². The van der Waals surface area contributed by atoms with Crippen molar-refractivity contribution in [3.63, 3.8) is 0 Å². The van der Waals surface area contributed by atoms with Crippen LogP contribution in [0.3, 0.4) is 0 Å². The maximum Gasteiger partial charge on any atom is 0.251 e. The van der Waals surface area contributed by atoms with Gasteiger partial charge in [0, 0.05) is 5.56 Å². The Morgan fingerprint density at radius 2 is 1.54 bits per heavy atom. The third kappa shape index (κ3) is 5.70. The molecular weight excluding hydrogens is 320 g/mol. The molecular formula is C23H31N2O+. The molecule has 0 aromatic heterocycles. The number of quaternary nitrogens is 1. The van der Waals surface area contributed by atoms with E-state index >= 15 is 0 Å². The van der Waals surface area contributed by atoms with Crippen molar-refractivity contribution in [1.82, 2.24) is 5.32 Å². The summed E-state index contributed by atoms with van der Waals surface area (Å²) in [7, 11) is 0. The van der Waals surface area contributed by atoms with Gasteiger partial charge in [0.25, 0.3) is 5.91 Å². The van der Waals surface area contributed by atoms with E-state index in [9.17, 15) is 4.79 Å². The lowest BCUT2D eigenvalue weighted by molar-refractivity contribution is -0.905. The predicted molar refractivity (Wildman–Crippen MR) is 106 cm³/mol. The maximum atomic E-state index is 12.6. The van der Waals surface area contributed by atoms with Gasteiger partial charge in [-0.25, -0.2) is 0 Å². The monoisotopic (exact) mass is 351 g/mol. The van der Waals surface area contributed by atoms with Gasteiger partial charge in [-0.05, 0) is 56.2 Å². The van der Waals surface area contributed by atoms with Crippen LogP contribution in [0, 0.1) is 0 Å². The second kappa shape index (κ2) is 10.1. The highest BCUT2D eigenvalue weighted by molar-refractivity contribution is 5.94. The van der Waals surface area contributed by atoms with Gasteiger partial charge >= 0.3 is 0 Å². The number of carbonyl (C=O) groups is 1. The average Bonchev–Trinajstić information content (AvgIpc) is 2.72. The van der Waals surface area contributed by atoms with Crippen molar-refractivity contribution in [2.45, 2.75) is 44.6 Å². The second-order valence-corrected chi connectivity index (χ2v) is 7.36. The molecule has 0 bridgehead atoms. The van der Waals surface area contributed by atoms with Crippen LogP contribution in [0.1, 0.15) is 60.5 Å². The smallest absolute Gasteiger partial charge is 0.251 e. The van der Waals surface area contributed by atoms with E-state index in [1.54, 1.807) is 4.90 Å². The molecule has 138 valence electrons. The first-order chi connectivity index (χ1) is 12.8. The van der Waals surface area contributed by atoms with Crippen molar-refractivity contribution in [3.8, 4) is 0 Å². The zero-order chi connectivity index (χ0) is 18.0. The molecule has 1 atom stereocenters. The van der Waals surface area contributed by atoms with Gasteiger partial charge in [-0.1, -0.05) is 48.5 Å². The van der Waals surface area contributed by atoms with Gasteiger partial charge in [0.1, 0.15) is 0 Å². The normalized spacial score (nSPS) is 16.2. The van der Waals surface area contributed by atoms with E-state index in [0.717, 1.165) is 18.4 Å². The van der Waals surface area contributed by atoms with Gasteiger partial charge in [-0.15, -0.1) is 0 Å². The molecule has 3 heteroatoms. The maximum absolute atomic E-state index is 12.6. The minimum atomic E-state index is 0.0149. The molecule has 0 aliphatic carbocycles. The molecule has 2 aromatic rings. The van der Waals surface area contributed by atoms with Crippen LogP contribution in [0.5, 0.6) is 0 Å². The highest BCUT2D eigenvalue weighted by atomic mass is 16.1. The van der Waals surface area contributed by atoms with Gasteiger partial charge in [-0.3, -0.25) is 4.79 Å². The highest BCUT2D eigenvalue weighted by Gasteiger charge is 2.17. The third-order valence-electron chi connectivity index (χ3n) is 5.38. The van der Waals surface area contributed by atoms with E-state index in [-0.39, 0.29) is 11.9 Å². The number of amides is 1. The average molecular weight is 352 g/mol. The molecule has 1 saturated heterocycles. The van der Waals surface area contributed by atoms with Crippen LogP contribution in [-0.2, 0) is 0 Å². The summed E-state index contributed by atoms with van der Waals surface area (Å²) in [5.41, 5.74) is 1.92. The van der Waals surface area contributed by atoms with E-state index in [2.05, 4.69) is 29.6 Å². The number of hydrogen-bond donors (Lipinski definition) is 2. The van der Waals surface area contributed by atoms with Crippen LogP contribution >= 0.6 is 0 Å². The largest absolute Gasteiger partial charge is 0.345 e. The van der Waals surface area contributed by atoms with Crippen LogP contribution in [0.2, 0.25) is 0 Å². The number of hydrogen-bond acceptors (Lipinski definition) is 1. The first-order valence-electron chi connectivity index (χ1n) is 10.1. The van der Waals surface area contributed by atoms with Crippen molar-refractivity contribution < 1.29 is 9.69 Å². The highest BCUT2D eigenvalue weighted by Crippen LogP contribution is 2.20. The van der Waals surface area contributed by atoms with E-state index in [1.165, 1.54) is 50.9 Å². The van der Waals surface area contributed by atoms with E-state index < -0.39 is 0 Å². The molecule has 0 radical (unpaired) electrons. The Balaban J connectivity index is 1.54. The lowest BCUT2D eigenvalue weighted by atomic mass is 10.00. The van der Waals surface area contributed by atoms with Crippen LogP contribution in [0.25, 0.3) is 0 Å². The number of piperidine rings is 1. The van der Waals surface area contributed by atoms with E-state index in [4.69, 9.17) is 0 Å². The minimum absolute atomic E-state index is 0.0149. The Bertz CT molecular complexity index is 650. The molecule has 26 heavy (non-hydrogen) atoms. The molecule has 0 saturated carbocycles. The van der Waals surface area contributed by atoms with Crippen molar-refractivity contribution in [1.29, 1.82) is 0 Å². The zero-order valence-corrected chi connectivity index (χ0v) is 15.6. The molecule has 1 aliphatic heterocycles. The number of likely N-dealkylation sites (tertiary alicyclic amines) is 1. The first kappa shape index (κ1) is 18.7. The fourth-order valence-electron chi connectivity index (χ4n) is 3.86. The Labute approximate surface area is 157 Å². The Morgan fingerprint density at radius 3 is 2.23 bits per heavy atom. The summed E-state index contributed by atoms with van der Waals surface area (Å²) in [6.07, 6.45) is 7.56. The third-order valence-corrected chi connectivity index (χ3v) is 5.38. The number of benzene rings is 2. The summed E-state index contributed by atoms with van der Waals surface area (Å²) in [4.78, 5) is 14.4. The summed E-state index contributed by atoms with van der Waals surface area (Å²) < 4.78 is 0. The van der Waals surface area contributed by atoms with E-state index in [1.807, 2.05) is 36.4 Å². The lowest BCUT2D eigenvalue weighted by Crippen LogP contribution is -3.12. The summed E-state index contributed by atoms with van der Waals surface area (Å²) >= 11 is 0. The molecule has 1 fully saturated rings. The lowest BCUT2D eigenvalue weighted by Gasteiger charge is -2.24. The van der Waals surface area contributed by atoms with Gasteiger partial charge in [0.2, 0.25) is 0 Å². The molecule has 0 spiro atoms. The fourth-order valence-corrected chi connectivity index (χ4v) is 3.86. The van der Waals surface area contributed by atoms with Gasteiger partial charge in [0.05, 0.1) is 25.7 Å². The molecule has 1 amide bonds. The van der Waals surface area contributed by atoms with Crippen LogP contribution < -0.4 is 10.2 Å². The second-order valence-electron chi connectivity index (χ2n) is 7.36. The summed E-state index contributed by atoms with van der Waals surface area (Å²) in [6.45, 7) is 3.95. The molecule has 2 aromatic carbocycles. The SMILES string of the molecule is O=C(N[C@@H](CCCC[NH+]1CCCCC1)c1ccccc1)c1ccccc1. The van der Waals surface area contributed by atoms with Gasteiger partial charge in [-0.2, -0.15) is 0 Å². The van der Waals surface area contributed by atoms with Crippen molar-refractivity contribution in [2.75, 3.05) is 19.6 Å². The van der Waals surface area contributed by atoms with Gasteiger partial charge in [0.15, 0.2) is 0 Å². The summed E-state index contributed by atoms with van der Waals surface area (Å²) in [5, 5.41) is 3.24. The van der Waals surface area contributed by atoms with E-state index in [0.29, 0.717) is 0 Å². The van der Waals surface area contributed by atoms with Crippen LogP contribution in [-0.4, -0.2) is 25.5 Å². The Kier molecular flexibility index (Phi) is 7.26. The predicted octanol–water partition coefficient (Wildman–Crippen LogP) is 3.40. The van der Waals surface area contributed by atoms with Crippen molar-refractivity contribution in [2.24, 2.45) is 0 Å². The van der Waals surface area contributed by atoms with Crippen LogP contribution in [0.15, 0.2) is 60.7 Å². The molecule has 0 unspecified atom stereocenters. The number of carbonyl (C=O) groups excluding carboxylic acids is 1. The standard InChI is InChI=1S/C23H30N2O/c26-23(21-14-6-2-7-15-21)24-22(20-12-4-1-5-13-20)16-8-11-19-25-17-9-3-10-18-25/h1-2,4-7,12-15,22H,3,8-11,16-19H2,(H,24,26)/p+1/t22-/m0/s1. The molecule has 1 aliphatic rings. The van der Waals surface area contributed by atoms with Crippen molar-refractivity contribution in [3.05, 3.63) is 71.8 Å². The van der Waals surface area contributed by atoms with Crippen molar-refractivity contribution >= 4 is 5.91 Å². The number of nitrogens with one attached hydrogen (secondary N) is 2. The number of rotatable bonds is 8. The topological polar surface area (TPSA) is 33.5 Å². The molecule has 3 nitrogen and oxygen atoms in total. The quantitative estimate of drug-likeness (QED) is 0.702.